The highest BCUT2D eigenvalue weighted by Crippen LogP contribution is 2.33. The fourth-order valence-electron chi connectivity index (χ4n) is 2.87. The molecule has 8 heteroatoms. The normalized spacial score (nSPS) is 15.4. The van der Waals surface area contributed by atoms with Gasteiger partial charge in [0.2, 0.25) is 10.0 Å². The van der Waals surface area contributed by atoms with Crippen LogP contribution in [0, 0.1) is 5.82 Å². The lowest BCUT2D eigenvalue weighted by molar-refractivity contribution is 0.390. The standard InChI is InChI=1S/C16H14FN3O2S2/c17-11-3-1-4-12(9-11)24(21,22)20-7-6-14-13(10-20)16(19-18-14)15-5-2-8-23-15/h1-5,8-9H,6-7,10H2,(H,18,19). The summed E-state index contributed by atoms with van der Waals surface area (Å²) in [5.74, 6) is -0.559. The van der Waals surface area contributed by atoms with E-state index in [0.29, 0.717) is 13.0 Å². The topological polar surface area (TPSA) is 66.1 Å². The molecule has 0 amide bonds. The Bertz CT molecular complexity index is 981. The van der Waals surface area contributed by atoms with Crippen molar-refractivity contribution >= 4 is 21.4 Å². The predicted octanol–water partition coefficient (Wildman–Crippen LogP) is 3.02. The smallest absolute Gasteiger partial charge is 0.243 e. The number of nitrogens with one attached hydrogen (secondary N) is 1. The van der Waals surface area contributed by atoms with Gasteiger partial charge in [-0.15, -0.1) is 11.3 Å². The van der Waals surface area contributed by atoms with Crippen LogP contribution in [0.3, 0.4) is 0 Å². The lowest BCUT2D eigenvalue weighted by Crippen LogP contribution is -2.36. The zero-order valence-electron chi connectivity index (χ0n) is 12.6. The van der Waals surface area contributed by atoms with E-state index < -0.39 is 15.8 Å². The second-order valence-corrected chi connectivity index (χ2v) is 8.44. The number of thiophene rings is 1. The Hall–Kier alpha value is -2.03. The molecule has 0 bridgehead atoms. The van der Waals surface area contributed by atoms with Crippen LogP contribution in [0.2, 0.25) is 0 Å². The second kappa shape index (κ2) is 5.80. The highest BCUT2D eigenvalue weighted by molar-refractivity contribution is 7.89. The summed E-state index contributed by atoms with van der Waals surface area (Å²) in [6.45, 7) is 0.579. The number of halogens is 1. The minimum absolute atomic E-state index is 0.0212. The van der Waals surface area contributed by atoms with Crippen molar-refractivity contribution in [3.05, 3.63) is 58.9 Å². The molecule has 24 heavy (non-hydrogen) atoms. The maximum absolute atomic E-state index is 13.4. The van der Waals surface area contributed by atoms with Crippen molar-refractivity contribution in [2.24, 2.45) is 0 Å². The molecule has 3 aromatic rings. The number of hydrogen-bond acceptors (Lipinski definition) is 4. The highest BCUT2D eigenvalue weighted by Gasteiger charge is 2.31. The molecule has 124 valence electrons. The van der Waals surface area contributed by atoms with E-state index in [1.807, 2.05) is 17.5 Å². The number of nitrogens with zero attached hydrogens (tertiary/aromatic N) is 2. The van der Waals surface area contributed by atoms with Crippen LogP contribution in [0.4, 0.5) is 4.39 Å². The van der Waals surface area contributed by atoms with Gasteiger partial charge in [0.05, 0.1) is 9.77 Å². The number of benzene rings is 1. The summed E-state index contributed by atoms with van der Waals surface area (Å²) in [6, 6.07) is 9.01. The first-order valence-corrected chi connectivity index (χ1v) is 9.73. The van der Waals surface area contributed by atoms with Gasteiger partial charge in [-0.05, 0) is 29.6 Å². The molecular formula is C16H14FN3O2S2. The van der Waals surface area contributed by atoms with Crippen molar-refractivity contribution in [2.75, 3.05) is 6.54 Å². The zero-order chi connectivity index (χ0) is 16.7. The first-order chi connectivity index (χ1) is 11.6. The Kier molecular flexibility index (Phi) is 3.75. The highest BCUT2D eigenvalue weighted by atomic mass is 32.2. The summed E-state index contributed by atoms with van der Waals surface area (Å²) in [4.78, 5) is 0.977. The molecule has 4 rings (SSSR count). The lowest BCUT2D eigenvalue weighted by Gasteiger charge is -2.26. The van der Waals surface area contributed by atoms with Crippen molar-refractivity contribution in [1.29, 1.82) is 0 Å². The van der Waals surface area contributed by atoms with Crippen LogP contribution in [0.1, 0.15) is 11.3 Å². The largest absolute Gasteiger partial charge is 0.282 e. The van der Waals surface area contributed by atoms with E-state index in [1.165, 1.54) is 22.5 Å². The average molecular weight is 363 g/mol. The zero-order valence-corrected chi connectivity index (χ0v) is 14.2. The third-order valence-electron chi connectivity index (χ3n) is 4.09. The molecular weight excluding hydrogens is 349 g/mol. The maximum Gasteiger partial charge on any atom is 0.243 e. The molecule has 3 heterocycles. The molecule has 1 aromatic carbocycles. The number of fused-ring (bicyclic) bond motifs is 1. The third-order valence-corrected chi connectivity index (χ3v) is 6.80. The third kappa shape index (κ3) is 2.56. The van der Waals surface area contributed by atoms with Crippen LogP contribution in [-0.4, -0.2) is 29.5 Å². The van der Waals surface area contributed by atoms with Crippen LogP contribution in [0.15, 0.2) is 46.7 Å². The van der Waals surface area contributed by atoms with Gasteiger partial charge in [-0.1, -0.05) is 12.1 Å². The van der Waals surface area contributed by atoms with Crippen LogP contribution in [0.5, 0.6) is 0 Å². The van der Waals surface area contributed by atoms with Crippen molar-refractivity contribution in [2.45, 2.75) is 17.9 Å². The van der Waals surface area contributed by atoms with E-state index in [1.54, 1.807) is 11.3 Å². The van der Waals surface area contributed by atoms with Crippen LogP contribution in [0.25, 0.3) is 10.6 Å². The first-order valence-electron chi connectivity index (χ1n) is 7.41. The Labute approximate surface area is 142 Å². The van der Waals surface area contributed by atoms with Gasteiger partial charge < -0.3 is 0 Å². The Morgan fingerprint density at radius 3 is 2.88 bits per heavy atom. The summed E-state index contributed by atoms with van der Waals surface area (Å²) < 4.78 is 40.4. The summed E-state index contributed by atoms with van der Waals surface area (Å²) in [7, 11) is -3.74. The lowest BCUT2D eigenvalue weighted by atomic mass is 10.1. The predicted molar refractivity (Wildman–Crippen MR) is 89.6 cm³/mol. The van der Waals surface area contributed by atoms with E-state index in [-0.39, 0.29) is 11.4 Å². The van der Waals surface area contributed by atoms with Gasteiger partial charge in [0.15, 0.2) is 0 Å². The van der Waals surface area contributed by atoms with Gasteiger partial charge >= 0.3 is 0 Å². The van der Waals surface area contributed by atoms with E-state index in [9.17, 15) is 12.8 Å². The molecule has 0 atom stereocenters. The fraction of sp³-hybridized carbons (Fsp3) is 0.188. The molecule has 0 saturated carbocycles. The minimum atomic E-state index is -3.74. The summed E-state index contributed by atoms with van der Waals surface area (Å²) in [5.41, 5.74) is 2.65. The van der Waals surface area contributed by atoms with Crippen molar-refractivity contribution < 1.29 is 12.8 Å². The summed E-state index contributed by atoms with van der Waals surface area (Å²) in [5, 5.41) is 9.32. The monoisotopic (exact) mass is 363 g/mol. The number of sulfonamides is 1. The maximum atomic E-state index is 13.4. The second-order valence-electron chi connectivity index (χ2n) is 5.55. The molecule has 1 aliphatic heterocycles. The number of aromatic amines is 1. The number of H-pyrrole nitrogens is 1. The molecule has 2 aromatic heterocycles. The molecule has 0 saturated heterocycles. The van der Waals surface area contributed by atoms with E-state index in [0.717, 1.165) is 27.9 Å². The molecule has 0 unspecified atom stereocenters. The molecule has 0 fully saturated rings. The Balaban J connectivity index is 1.70. The van der Waals surface area contributed by atoms with Crippen LogP contribution in [-0.2, 0) is 23.0 Å². The summed E-state index contributed by atoms with van der Waals surface area (Å²) >= 11 is 1.56. The Morgan fingerprint density at radius 1 is 1.25 bits per heavy atom. The van der Waals surface area contributed by atoms with E-state index >= 15 is 0 Å². The van der Waals surface area contributed by atoms with Gasteiger partial charge in [0.25, 0.3) is 0 Å². The van der Waals surface area contributed by atoms with Gasteiger partial charge in [-0.3, -0.25) is 5.10 Å². The van der Waals surface area contributed by atoms with Gasteiger partial charge in [0.1, 0.15) is 11.5 Å². The van der Waals surface area contributed by atoms with Gasteiger partial charge in [-0.25, -0.2) is 12.8 Å². The molecule has 0 radical (unpaired) electrons. The summed E-state index contributed by atoms with van der Waals surface area (Å²) in [6.07, 6.45) is 0.558. The SMILES string of the molecule is O=S(=O)(c1cccc(F)c1)N1CCc2[nH]nc(-c3cccs3)c2C1. The molecule has 0 aliphatic carbocycles. The first kappa shape index (κ1) is 15.5. The van der Waals surface area contributed by atoms with Crippen LogP contribution >= 0.6 is 11.3 Å². The molecule has 5 nitrogen and oxygen atoms in total. The number of aromatic nitrogens is 2. The van der Waals surface area contributed by atoms with Crippen molar-refractivity contribution in [3.8, 4) is 10.6 Å². The van der Waals surface area contributed by atoms with Crippen LogP contribution < -0.4 is 0 Å². The number of rotatable bonds is 3. The molecule has 1 aliphatic rings. The quantitative estimate of drug-likeness (QED) is 0.778. The minimum Gasteiger partial charge on any atom is -0.282 e. The average Bonchev–Trinajstić information content (AvgIpc) is 3.23. The van der Waals surface area contributed by atoms with E-state index in [4.69, 9.17) is 0 Å². The van der Waals surface area contributed by atoms with E-state index in [2.05, 4.69) is 10.2 Å². The molecule has 0 spiro atoms. The Morgan fingerprint density at radius 2 is 2.12 bits per heavy atom. The van der Waals surface area contributed by atoms with Gasteiger partial charge in [0, 0.05) is 30.8 Å². The number of hydrogen-bond donors (Lipinski definition) is 1. The fourth-order valence-corrected chi connectivity index (χ4v) is 5.05. The molecule has 1 N–H and O–H groups in total. The van der Waals surface area contributed by atoms with Crippen molar-refractivity contribution in [3.63, 3.8) is 0 Å². The van der Waals surface area contributed by atoms with Gasteiger partial charge in [-0.2, -0.15) is 9.40 Å². The van der Waals surface area contributed by atoms with Crippen molar-refractivity contribution in [1.82, 2.24) is 14.5 Å².